The van der Waals surface area contributed by atoms with Gasteiger partial charge in [-0.25, -0.2) is 9.97 Å². The van der Waals surface area contributed by atoms with E-state index in [4.69, 9.17) is 17.3 Å². The molecule has 1 aliphatic carbocycles. The number of halogens is 1. The van der Waals surface area contributed by atoms with Crippen LogP contribution < -0.4 is 11.1 Å². The topological polar surface area (TPSA) is 101 Å². The van der Waals surface area contributed by atoms with Crippen LogP contribution in [0.15, 0.2) is 23.4 Å². The Labute approximate surface area is 200 Å². The Morgan fingerprint density at radius 2 is 1.91 bits per heavy atom. The van der Waals surface area contributed by atoms with Gasteiger partial charge >= 0.3 is 0 Å². The van der Waals surface area contributed by atoms with Crippen molar-refractivity contribution in [1.29, 1.82) is 0 Å². The van der Waals surface area contributed by atoms with Crippen molar-refractivity contribution >= 4 is 75.2 Å². The van der Waals surface area contributed by atoms with Gasteiger partial charge < -0.3 is 16.0 Å². The SMILES string of the molecule is Nc1cc(Cl)c(Nc2ncnc3sc4c(c23)CCCC4)cc1S.O=CN1CCC(=O)CC1. The maximum Gasteiger partial charge on any atom is 0.209 e. The minimum absolute atomic E-state index is 0.271. The van der Waals surface area contributed by atoms with Crippen LogP contribution in [0.5, 0.6) is 0 Å². The summed E-state index contributed by atoms with van der Waals surface area (Å²) in [6.07, 6.45) is 8.17. The second kappa shape index (κ2) is 10.1. The van der Waals surface area contributed by atoms with E-state index in [2.05, 4.69) is 27.9 Å². The molecule has 1 fully saturated rings. The summed E-state index contributed by atoms with van der Waals surface area (Å²) in [6, 6.07) is 3.53. The van der Waals surface area contributed by atoms with Crippen molar-refractivity contribution in [3.8, 4) is 0 Å². The number of thiophene rings is 1. The maximum atomic E-state index is 10.6. The normalized spacial score (nSPS) is 15.7. The van der Waals surface area contributed by atoms with E-state index in [-0.39, 0.29) is 5.78 Å². The number of likely N-dealkylation sites (tertiary alicyclic amines) is 1. The molecule has 3 heterocycles. The summed E-state index contributed by atoms with van der Waals surface area (Å²) in [5.41, 5.74) is 8.53. The molecule has 0 spiro atoms. The number of nitrogens with zero attached hydrogens (tertiary/aromatic N) is 3. The van der Waals surface area contributed by atoms with Gasteiger partial charge in [0.2, 0.25) is 6.41 Å². The molecule has 0 atom stereocenters. The Morgan fingerprint density at radius 1 is 1.16 bits per heavy atom. The number of hydrogen-bond acceptors (Lipinski definition) is 8. The summed E-state index contributed by atoms with van der Waals surface area (Å²) < 4.78 is 0. The van der Waals surface area contributed by atoms with Crippen molar-refractivity contribution in [2.75, 3.05) is 24.1 Å². The van der Waals surface area contributed by atoms with Gasteiger partial charge in [0.25, 0.3) is 0 Å². The van der Waals surface area contributed by atoms with Crippen LogP contribution >= 0.6 is 35.6 Å². The highest BCUT2D eigenvalue weighted by atomic mass is 35.5. The lowest BCUT2D eigenvalue weighted by molar-refractivity contribution is -0.125. The number of benzene rings is 1. The van der Waals surface area contributed by atoms with Crippen LogP contribution in [0.3, 0.4) is 0 Å². The molecule has 0 unspecified atom stereocenters. The number of aryl methyl sites for hydroxylation is 2. The number of nitrogens with one attached hydrogen (secondary N) is 1. The Kier molecular flexibility index (Phi) is 7.17. The summed E-state index contributed by atoms with van der Waals surface area (Å²) in [4.78, 5) is 34.3. The van der Waals surface area contributed by atoms with Gasteiger partial charge in [-0.3, -0.25) is 9.59 Å². The summed E-state index contributed by atoms with van der Waals surface area (Å²) in [5, 5.41) is 5.02. The van der Waals surface area contributed by atoms with Crippen LogP contribution in [0, 0.1) is 0 Å². The third-order valence-corrected chi connectivity index (χ3v) is 7.53. The predicted octanol–water partition coefficient (Wildman–Crippen LogP) is 4.65. The van der Waals surface area contributed by atoms with Crippen LogP contribution in [-0.2, 0) is 22.4 Å². The Hall–Kier alpha value is -2.36. The minimum Gasteiger partial charge on any atom is -0.398 e. The number of rotatable bonds is 3. The quantitative estimate of drug-likeness (QED) is 0.281. The third-order valence-electron chi connectivity index (χ3n) is 5.63. The lowest BCUT2D eigenvalue weighted by Gasteiger charge is -2.20. The van der Waals surface area contributed by atoms with Crippen molar-refractivity contribution in [2.45, 2.75) is 43.4 Å². The van der Waals surface area contributed by atoms with Crippen molar-refractivity contribution < 1.29 is 9.59 Å². The summed E-state index contributed by atoms with van der Waals surface area (Å²) in [6.45, 7) is 1.23. The number of ketones is 1. The Bertz CT molecular complexity index is 1160. The molecule has 5 rings (SSSR count). The van der Waals surface area contributed by atoms with E-state index in [1.165, 1.54) is 23.3 Å². The molecule has 2 aromatic heterocycles. The average Bonchev–Trinajstić information content (AvgIpc) is 3.18. The fourth-order valence-electron chi connectivity index (χ4n) is 3.86. The summed E-state index contributed by atoms with van der Waals surface area (Å²) in [7, 11) is 0. The van der Waals surface area contributed by atoms with Crippen LogP contribution in [0.4, 0.5) is 17.2 Å². The van der Waals surface area contributed by atoms with Gasteiger partial charge in [-0.1, -0.05) is 11.6 Å². The van der Waals surface area contributed by atoms with Crippen LogP contribution in [0.2, 0.25) is 5.02 Å². The van der Waals surface area contributed by atoms with Gasteiger partial charge in [0.05, 0.1) is 16.1 Å². The molecule has 7 nitrogen and oxygen atoms in total. The number of aromatic nitrogens is 2. The van der Waals surface area contributed by atoms with Crippen molar-refractivity contribution in [1.82, 2.24) is 14.9 Å². The zero-order valence-corrected chi connectivity index (χ0v) is 19.9. The molecule has 3 N–H and O–H groups in total. The first kappa shape index (κ1) is 22.8. The average molecular weight is 490 g/mol. The lowest BCUT2D eigenvalue weighted by Crippen LogP contribution is -2.32. The number of amides is 1. The molecule has 168 valence electrons. The van der Waals surface area contributed by atoms with Gasteiger partial charge in [0, 0.05) is 41.4 Å². The number of carbonyl (C=O) groups excluding carboxylic acids is 2. The van der Waals surface area contributed by atoms with Gasteiger partial charge in [-0.2, -0.15) is 0 Å². The van der Waals surface area contributed by atoms with Crippen molar-refractivity contribution in [3.05, 3.63) is 33.9 Å². The highest BCUT2D eigenvalue weighted by molar-refractivity contribution is 7.80. The number of anilines is 3. The van der Waals surface area contributed by atoms with E-state index in [9.17, 15) is 9.59 Å². The molecule has 10 heteroatoms. The third kappa shape index (κ3) is 5.00. The van der Waals surface area contributed by atoms with Crippen LogP contribution in [0.25, 0.3) is 10.2 Å². The molecule has 1 aromatic carbocycles. The smallest absolute Gasteiger partial charge is 0.209 e. The molecule has 1 aliphatic heterocycles. The first-order chi connectivity index (χ1) is 15.5. The largest absolute Gasteiger partial charge is 0.398 e. The molecule has 0 saturated carbocycles. The predicted molar refractivity (Wildman–Crippen MR) is 132 cm³/mol. The van der Waals surface area contributed by atoms with E-state index < -0.39 is 0 Å². The number of nitrogen functional groups attached to an aromatic ring is 1. The Morgan fingerprint density at radius 3 is 2.66 bits per heavy atom. The summed E-state index contributed by atoms with van der Waals surface area (Å²) in [5.74, 6) is 1.07. The summed E-state index contributed by atoms with van der Waals surface area (Å²) >= 11 is 12.4. The first-order valence-electron chi connectivity index (χ1n) is 10.5. The van der Waals surface area contributed by atoms with Crippen LogP contribution in [-0.4, -0.2) is 40.2 Å². The van der Waals surface area contributed by atoms with E-state index in [0.29, 0.717) is 41.5 Å². The number of thiol groups is 1. The van der Waals surface area contributed by atoms with Crippen LogP contribution in [0.1, 0.15) is 36.1 Å². The lowest BCUT2D eigenvalue weighted by atomic mass is 9.97. The molecule has 0 bridgehead atoms. The second-order valence-electron chi connectivity index (χ2n) is 7.81. The molecule has 0 radical (unpaired) electrons. The molecular weight excluding hydrogens is 466 g/mol. The highest BCUT2D eigenvalue weighted by Gasteiger charge is 2.20. The van der Waals surface area contributed by atoms with E-state index >= 15 is 0 Å². The highest BCUT2D eigenvalue weighted by Crippen LogP contribution is 2.40. The second-order valence-corrected chi connectivity index (χ2v) is 9.78. The molecule has 32 heavy (non-hydrogen) atoms. The van der Waals surface area contributed by atoms with Crippen molar-refractivity contribution in [3.63, 3.8) is 0 Å². The van der Waals surface area contributed by atoms with E-state index in [1.807, 2.05) is 6.07 Å². The molecule has 2 aliphatic rings. The molecule has 3 aromatic rings. The standard InChI is InChI=1S/C16H15ClN4S2.C6H9NO2/c17-9-5-10(18)12(22)6-11(9)21-15-14-8-3-1-2-4-13(8)23-16(14)20-7-19-15;8-5-7-3-1-6(9)2-4-7/h5-7,22H,1-4,18H2,(H,19,20,21);5H,1-4H2. The zero-order chi connectivity index (χ0) is 22.7. The minimum atomic E-state index is 0.271. The number of nitrogens with two attached hydrogens (primary N) is 1. The maximum absolute atomic E-state index is 10.6. The Balaban J connectivity index is 0.000000230. The number of Topliss-reactive ketones (excluding diaryl/α,β-unsaturated/α-hetero) is 1. The van der Waals surface area contributed by atoms with E-state index in [0.717, 1.165) is 41.0 Å². The first-order valence-corrected chi connectivity index (χ1v) is 12.1. The molecule has 1 amide bonds. The van der Waals surface area contributed by atoms with Gasteiger partial charge in [-0.05, 0) is 43.4 Å². The number of hydrogen-bond donors (Lipinski definition) is 3. The van der Waals surface area contributed by atoms with Gasteiger partial charge in [0.1, 0.15) is 22.8 Å². The fraction of sp³-hybridized carbons (Fsp3) is 0.364. The molecule has 1 saturated heterocycles. The number of fused-ring (bicyclic) bond motifs is 3. The van der Waals surface area contributed by atoms with Crippen molar-refractivity contribution in [2.24, 2.45) is 0 Å². The number of piperidine rings is 1. The zero-order valence-electron chi connectivity index (χ0n) is 17.4. The van der Waals surface area contributed by atoms with E-state index in [1.54, 1.807) is 28.6 Å². The van der Waals surface area contributed by atoms with Gasteiger partial charge in [0.15, 0.2) is 0 Å². The monoisotopic (exact) mass is 489 g/mol. The number of carbonyl (C=O) groups is 2. The van der Waals surface area contributed by atoms with Gasteiger partial charge in [-0.15, -0.1) is 24.0 Å². The fourth-order valence-corrected chi connectivity index (χ4v) is 5.51. The molecular formula is C22H24ClN5O2S2.